The van der Waals surface area contributed by atoms with Gasteiger partial charge in [0.05, 0.1) is 18.2 Å². The number of nitrogens with zero attached hydrogens (tertiary/aromatic N) is 3. The van der Waals surface area contributed by atoms with E-state index in [1.807, 2.05) is 19.1 Å². The summed E-state index contributed by atoms with van der Waals surface area (Å²) in [5, 5.41) is 1.91. The van der Waals surface area contributed by atoms with Crippen LogP contribution in [0.4, 0.5) is 14.9 Å². The molecular formula is C24H18ClFN4O5S. The second kappa shape index (κ2) is 10.8. The largest absolute Gasteiger partial charge is 0.493 e. The predicted octanol–water partition coefficient (Wildman–Crippen LogP) is 5.05. The molecule has 2 aromatic carbocycles. The van der Waals surface area contributed by atoms with Gasteiger partial charge in [0.1, 0.15) is 6.54 Å². The Balaban J connectivity index is 1.47. The van der Waals surface area contributed by atoms with Gasteiger partial charge in [0.15, 0.2) is 11.5 Å². The Morgan fingerprint density at radius 3 is 2.67 bits per heavy atom. The summed E-state index contributed by atoms with van der Waals surface area (Å²) in [6.07, 6.45) is 2.36. The molecule has 9 nitrogen and oxygen atoms in total. The molecule has 1 N–H and O–H groups in total. The number of imide groups is 1. The molecule has 1 aliphatic rings. The van der Waals surface area contributed by atoms with Crippen molar-refractivity contribution in [1.82, 2.24) is 14.9 Å². The Kier molecular flexibility index (Phi) is 7.51. The van der Waals surface area contributed by atoms with E-state index in [4.69, 9.17) is 21.1 Å². The highest BCUT2D eigenvalue weighted by Crippen LogP contribution is 2.36. The number of anilines is 1. The maximum atomic E-state index is 13.9. The highest BCUT2D eigenvalue weighted by molar-refractivity contribution is 8.18. The maximum absolute atomic E-state index is 13.9. The second-order valence-corrected chi connectivity index (χ2v) is 8.82. The molecule has 184 valence electrons. The summed E-state index contributed by atoms with van der Waals surface area (Å²) in [4.78, 5) is 45.8. The molecule has 1 aromatic heterocycles. The zero-order chi connectivity index (χ0) is 25.8. The van der Waals surface area contributed by atoms with Gasteiger partial charge in [-0.15, -0.1) is 0 Å². The quantitative estimate of drug-likeness (QED) is 0.335. The van der Waals surface area contributed by atoms with Crippen LogP contribution in [0.5, 0.6) is 17.4 Å². The van der Waals surface area contributed by atoms with Crippen molar-refractivity contribution in [3.8, 4) is 17.4 Å². The number of rotatable bonds is 7. The molecule has 1 fully saturated rings. The number of hydrogen-bond acceptors (Lipinski definition) is 8. The topological polar surface area (TPSA) is 111 Å². The molecule has 0 unspecified atom stereocenters. The van der Waals surface area contributed by atoms with Crippen LogP contribution in [0.1, 0.15) is 11.1 Å². The lowest BCUT2D eigenvalue weighted by Crippen LogP contribution is -2.36. The Hall–Kier alpha value is -3.96. The van der Waals surface area contributed by atoms with E-state index in [0.717, 1.165) is 16.7 Å². The predicted molar refractivity (Wildman–Crippen MR) is 133 cm³/mol. The fraction of sp³-hybridized carbons (Fsp3) is 0.125. The molecule has 12 heteroatoms. The Labute approximate surface area is 214 Å². The first kappa shape index (κ1) is 25.1. The number of aromatic nitrogens is 2. The van der Waals surface area contributed by atoms with E-state index in [1.54, 1.807) is 18.2 Å². The van der Waals surface area contributed by atoms with E-state index >= 15 is 0 Å². The highest BCUT2D eigenvalue weighted by Gasteiger charge is 2.36. The van der Waals surface area contributed by atoms with E-state index in [-0.39, 0.29) is 27.6 Å². The first-order valence-electron chi connectivity index (χ1n) is 10.4. The number of nitrogens with one attached hydrogen (secondary N) is 1. The summed E-state index contributed by atoms with van der Waals surface area (Å²) in [7, 11) is 1.38. The van der Waals surface area contributed by atoms with Gasteiger partial charge < -0.3 is 14.8 Å². The van der Waals surface area contributed by atoms with Gasteiger partial charge in [-0.05, 0) is 66.2 Å². The number of carbonyl (C=O) groups is 3. The summed E-state index contributed by atoms with van der Waals surface area (Å²) >= 11 is 6.41. The van der Waals surface area contributed by atoms with Crippen molar-refractivity contribution in [2.45, 2.75) is 6.92 Å². The molecule has 3 aromatic rings. The normalized spacial score (nSPS) is 14.3. The van der Waals surface area contributed by atoms with Crippen molar-refractivity contribution < 1.29 is 28.2 Å². The van der Waals surface area contributed by atoms with Gasteiger partial charge in [-0.1, -0.05) is 23.8 Å². The lowest BCUT2D eigenvalue weighted by Gasteiger charge is -2.12. The molecule has 0 saturated carbocycles. The number of ether oxygens (including phenoxy) is 2. The second-order valence-electron chi connectivity index (χ2n) is 7.49. The number of thioether (sulfide) groups is 1. The lowest BCUT2D eigenvalue weighted by molar-refractivity contribution is -0.127. The fourth-order valence-corrected chi connectivity index (χ4v) is 4.10. The third-order valence-electron chi connectivity index (χ3n) is 4.89. The number of amides is 3. The van der Waals surface area contributed by atoms with Crippen LogP contribution in [0, 0.1) is 12.7 Å². The van der Waals surface area contributed by atoms with Crippen LogP contribution in [0.2, 0.25) is 5.28 Å². The Morgan fingerprint density at radius 2 is 1.94 bits per heavy atom. The zero-order valence-electron chi connectivity index (χ0n) is 19.0. The highest BCUT2D eigenvalue weighted by atomic mass is 35.5. The first-order chi connectivity index (χ1) is 17.2. The van der Waals surface area contributed by atoms with Gasteiger partial charge in [-0.2, -0.15) is 9.37 Å². The van der Waals surface area contributed by atoms with Crippen molar-refractivity contribution in [2.75, 3.05) is 19.0 Å². The van der Waals surface area contributed by atoms with Crippen LogP contribution in [0.25, 0.3) is 6.08 Å². The Morgan fingerprint density at radius 1 is 1.19 bits per heavy atom. The van der Waals surface area contributed by atoms with E-state index < -0.39 is 29.4 Å². The summed E-state index contributed by atoms with van der Waals surface area (Å²) in [5.41, 5.74) is 2.10. The van der Waals surface area contributed by atoms with Crippen LogP contribution in [-0.4, -0.2) is 45.6 Å². The van der Waals surface area contributed by atoms with Crippen molar-refractivity contribution in [3.63, 3.8) is 0 Å². The molecule has 0 radical (unpaired) electrons. The van der Waals surface area contributed by atoms with Crippen molar-refractivity contribution in [3.05, 3.63) is 75.8 Å². The molecule has 0 spiro atoms. The molecule has 1 aliphatic heterocycles. The summed E-state index contributed by atoms with van der Waals surface area (Å²) in [6.45, 7) is 1.50. The average Bonchev–Trinajstić information content (AvgIpc) is 3.11. The minimum absolute atomic E-state index is 0.132. The maximum Gasteiger partial charge on any atom is 0.294 e. The van der Waals surface area contributed by atoms with Gasteiger partial charge in [0, 0.05) is 5.69 Å². The van der Waals surface area contributed by atoms with Crippen LogP contribution >= 0.6 is 23.4 Å². The number of carbonyl (C=O) groups excluding carboxylic acids is 3. The lowest BCUT2D eigenvalue weighted by atomic mass is 10.2. The average molecular weight is 529 g/mol. The minimum atomic E-state index is -0.814. The SMILES string of the molecule is COc1cc(/C=C2\SC(=O)N(CC(=O)Nc3ccc(C)cc3)C2=O)ccc1Oc1nc(Cl)ncc1F. The number of benzene rings is 2. The van der Waals surface area contributed by atoms with Crippen LogP contribution in [0.3, 0.4) is 0 Å². The molecule has 0 bridgehead atoms. The molecule has 1 saturated heterocycles. The number of methoxy groups -OCH3 is 1. The minimum Gasteiger partial charge on any atom is -0.493 e. The van der Waals surface area contributed by atoms with Gasteiger partial charge in [0.25, 0.3) is 17.0 Å². The van der Waals surface area contributed by atoms with Gasteiger partial charge in [0.2, 0.25) is 17.0 Å². The zero-order valence-corrected chi connectivity index (χ0v) is 20.5. The van der Waals surface area contributed by atoms with Gasteiger partial charge in [-0.25, -0.2) is 4.98 Å². The van der Waals surface area contributed by atoms with Crippen LogP contribution in [0.15, 0.2) is 53.6 Å². The van der Waals surface area contributed by atoms with Gasteiger partial charge >= 0.3 is 0 Å². The van der Waals surface area contributed by atoms with Crippen molar-refractivity contribution in [1.29, 1.82) is 0 Å². The third kappa shape index (κ3) is 5.81. The number of halogens is 2. The van der Waals surface area contributed by atoms with E-state index in [1.165, 1.54) is 25.3 Å². The summed E-state index contributed by atoms with van der Waals surface area (Å²) < 4.78 is 24.7. The van der Waals surface area contributed by atoms with Crippen molar-refractivity contribution >= 4 is 52.2 Å². The van der Waals surface area contributed by atoms with E-state index in [9.17, 15) is 18.8 Å². The first-order valence-corrected chi connectivity index (χ1v) is 11.6. The monoisotopic (exact) mass is 528 g/mol. The van der Waals surface area contributed by atoms with E-state index in [0.29, 0.717) is 23.0 Å². The molecule has 2 heterocycles. The molecule has 0 atom stereocenters. The van der Waals surface area contributed by atoms with Gasteiger partial charge in [-0.3, -0.25) is 19.3 Å². The number of hydrogen-bond donors (Lipinski definition) is 1. The molecule has 4 rings (SSSR count). The molecular weight excluding hydrogens is 511 g/mol. The summed E-state index contributed by atoms with van der Waals surface area (Å²) in [5.74, 6) is -1.93. The standard InChI is InChI=1S/C24H18ClFN4O5S/c1-13-3-6-15(7-4-13)28-20(31)12-30-22(32)19(36-24(30)33)10-14-5-8-17(18(9-14)34-2)35-21-16(26)11-27-23(25)29-21/h3-11H,12H2,1-2H3,(H,28,31)/b19-10-. The fourth-order valence-electron chi connectivity index (χ4n) is 3.13. The van der Waals surface area contributed by atoms with E-state index in [2.05, 4.69) is 15.3 Å². The smallest absolute Gasteiger partial charge is 0.294 e. The third-order valence-corrected chi connectivity index (χ3v) is 5.97. The van der Waals surface area contributed by atoms with Crippen LogP contribution in [-0.2, 0) is 9.59 Å². The molecule has 3 amide bonds. The Bertz CT molecular complexity index is 1380. The van der Waals surface area contributed by atoms with Crippen LogP contribution < -0.4 is 14.8 Å². The van der Waals surface area contributed by atoms with Crippen molar-refractivity contribution in [2.24, 2.45) is 0 Å². The molecule has 0 aliphatic carbocycles. The molecule has 36 heavy (non-hydrogen) atoms. The summed E-state index contributed by atoms with van der Waals surface area (Å²) in [6, 6.07) is 11.7. The number of aryl methyl sites for hydroxylation is 1.